The second-order valence-corrected chi connectivity index (χ2v) is 7.01. The SMILES string of the molecule is COc1ccc(CCCN2CCN(C(=O)c3cccs3)CC2)cc1. The lowest BCUT2D eigenvalue weighted by atomic mass is 10.1. The van der Waals surface area contributed by atoms with Gasteiger partial charge in [0.25, 0.3) is 5.91 Å². The van der Waals surface area contributed by atoms with Gasteiger partial charge in [-0.2, -0.15) is 0 Å². The van der Waals surface area contributed by atoms with Crippen LogP contribution in [0.15, 0.2) is 41.8 Å². The van der Waals surface area contributed by atoms with Gasteiger partial charge in [-0.1, -0.05) is 18.2 Å². The molecule has 2 aromatic rings. The molecule has 0 unspecified atom stereocenters. The van der Waals surface area contributed by atoms with E-state index in [1.807, 2.05) is 34.5 Å². The van der Waals surface area contributed by atoms with E-state index in [-0.39, 0.29) is 5.91 Å². The Morgan fingerprint density at radius 3 is 2.50 bits per heavy atom. The van der Waals surface area contributed by atoms with Crippen LogP contribution in [0.5, 0.6) is 5.75 Å². The van der Waals surface area contributed by atoms with Gasteiger partial charge < -0.3 is 9.64 Å². The highest BCUT2D eigenvalue weighted by Gasteiger charge is 2.22. The summed E-state index contributed by atoms with van der Waals surface area (Å²) in [7, 11) is 1.69. The second kappa shape index (κ2) is 8.31. The minimum Gasteiger partial charge on any atom is -0.497 e. The summed E-state index contributed by atoms with van der Waals surface area (Å²) in [4.78, 5) is 17.6. The largest absolute Gasteiger partial charge is 0.497 e. The van der Waals surface area contributed by atoms with Gasteiger partial charge in [0.15, 0.2) is 0 Å². The number of thiophene rings is 1. The number of carbonyl (C=O) groups excluding carboxylic acids is 1. The van der Waals surface area contributed by atoms with E-state index in [9.17, 15) is 4.79 Å². The number of benzene rings is 1. The molecule has 3 rings (SSSR count). The van der Waals surface area contributed by atoms with Gasteiger partial charge in [0.2, 0.25) is 0 Å². The number of piperazine rings is 1. The first-order valence-electron chi connectivity index (χ1n) is 8.44. The third-order valence-corrected chi connectivity index (χ3v) is 5.35. The van der Waals surface area contributed by atoms with Gasteiger partial charge in [-0.25, -0.2) is 0 Å². The number of hydrogen-bond donors (Lipinski definition) is 0. The Kier molecular flexibility index (Phi) is 5.88. The highest BCUT2D eigenvalue weighted by Crippen LogP contribution is 2.15. The molecule has 1 aliphatic heterocycles. The van der Waals surface area contributed by atoms with Crippen molar-refractivity contribution in [3.63, 3.8) is 0 Å². The second-order valence-electron chi connectivity index (χ2n) is 6.06. The molecule has 5 heteroatoms. The maximum atomic E-state index is 12.3. The zero-order valence-corrected chi connectivity index (χ0v) is 14.9. The van der Waals surface area contributed by atoms with Crippen molar-refractivity contribution in [1.82, 2.24) is 9.80 Å². The Hall–Kier alpha value is -1.85. The summed E-state index contributed by atoms with van der Waals surface area (Å²) in [5.41, 5.74) is 1.35. The molecule has 0 atom stereocenters. The van der Waals surface area contributed by atoms with Gasteiger partial charge in [-0.05, 0) is 48.5 Å². The molecule has 2 heterocycles. The lowest BCUT2D eigenvalue weighted by Crippen LogP contribution is -2.48. The molecule has 1 saturated heterocycles. The number of rotatable bonds is 6. The van der Waals surface area contributed by atoms with Crippen LogP contribution in [0, 0.1) is 0 Å². The number of amides is 1. The summed E-state index contributed by atoms with van der Waals surface area (Å²) in [6.07, 6.45) is 2.23. The fourth-order valence-electron chi connectivity index (χ4n) is 3.03. The van der Waals surface area contributed by atoms with Crippen LogP contribution in [0.1, 0.15) is 21.7 Å². The number of ether oxygens (including phenoxy) is 1. The maximum absolute atomic E-state index is 12.3. The summed E-state index contributed by atoms with van der Waals surface area (Å²) in [6, 6.07) is 12.2. The number of aryl methyl sites for hydroxylation is 1. The normalized spacial score (nSPS) is 15.5. The molecule has 1 amide bonds. The first kappa shape index (κ1) is 17.0. The molecule has 0 radical (unpaired) electrons. The van der Waals surface area contributed by atoms with E-state index in [0.29, 0.717) is 0 Å². The van der Waals surface area contributed by atoms with E-state index < -0.39 is 0 Å². The van der Waals surface area contributed by atoms with Gasteiger partial charge in [-0.3, -0.25) is 9.69 Å². The van der Waals surface area contributed by atoms with E-state index in [1.165, 1.54) is 16.9 Å². The molecule has 0 aliphatic carbocycles. The number of carbonyl (C=O) groups is 1. The Balaban J connectivity index is 1.38. The first-order chi connectivity index (χ1) is 11.8. The monoisotopic (exact) mass is 344 g/mol. The lowest BCUT2D eigenvalue weighted by molar-refractivity contribution is 0.0641. The maximum Gasteiger partial charge on any atom is 0.264 e. The van der Waals surface area contributed by atoms with Gasteiger partial charge >= 0.3 is 0 Å². The fraction of sp³-hybridized carbons (Fsp3) is 0.421. The average Bonchev–Trinajstić information content (AvgIpc) is 3.17. The van der Waals surface area contributed by atoms with Crippen molar-refractivity contribution in [2.75, 3.05) is 39.8 Å². The van der Waals surface area contributed by atoms with Crippen LogP contribution >= 0.6 is 11.3 Å². The smallest absolute Gasteiger partial charge is 0.264 e. The number of methoxy groups -OCH3 is 1. The van der Waals surface area contributed by atoms with E-state index in [2.05, 4.69) is 17.0 Å². The van der Waals surface area contributed by atoms with Crippen LogP contribution in [0.4, 0.5) is 0 Å². The Labute approximate surface area is 147 Å². The van der Waals surface area contributed by atoms with E-state index >= 15 is 0 Å². The number of nitrogens with zero attached hydrogens (tertiary/aromatic N) is 2. The third-order valence-electron chi connectivity index (χ3n) is 4.49. The Bertz CT molecular complexity index is 632. The van der Waals surface area contributed by atoms with E-state index in [0.717, 1.165) is 56.2 Å². The minimum absolute atomic E-state index is 0.183. The highest BCUT2D eigenvalue weighted by molar-refractivity contribution is 7.12. The molecule has 1 aromatic carbocycles. The molecule has 1 aliphatic rings. The predicted molar refractivity (Wildman–Crippen MR) is 98.0 cm³/mol. The standard InChI is InChI=1S/C19H24N2O2S/c1-23-17-8-6-16(7-9-17)4-2-10-20-11-13-21(14-12-20)19(22)18-5-3-15-24-18/h3,5-9,15H,2,4,10-14H2,1H3. The Morgan fingerprint density at radius 2 is 1.88 bits per heavy atom. The van der Waals surface area contributed by atoms with Crippen molar-refractivity contribution < 1.29 is 9.53 Å². The van der Waals surface area contributed by atoms with Gasteiger partial charge in [0.1, 0.15) is 5.75 Å². The lowest BCUT2D eigenvalue weighted by Gasteiger charge is -2.34. The van der Waals surface area contributed by atoms with Crippen molar-refractivity contribution in [3.8, 4) is 5.75 Å². The van der Waals surface area contributed by atoms with E-state index in [4.69, 9.17) is 4.74 Å². The summed E-state index contributed by atoms with van der Waals surface area (Å²) in [5, 5.41) is 1.96. The van der Waals surface area contributed by atoms with Crippen LogP contribution in [-0.2, 0) is 6.42 Å². The molecule has 0 spiro atoms. The minimum atomic E-state index is 0.183. The number of hydrogen-bond acceptors (Lipinski definition) is 4. The van der Waals surface area contributed by atoms with Gasteiger partial charge in [-0.15, -0.1) is 11.3 Å². The van der Waals surface area contributed by atoms with Crippen molar-refractivity contribution in [1.29, 1.82) is 0 Å². The summed E-state index contributed by atoms with van der Waals surface area (Å²) in [6.45, 7) is 4.70. The van der Waals surface area contributed by atoms with Crippen LogP contribution in [0.2, 0.25) is 0 Å². The molecule has 128 valence electrons. The van der Waals surface area contributed by atoms with Crippen LogP contribution in [-0.4, -0.2) is 55.5 Å². The first-order valence-corrected chi connectivity index (χ1v) is 9.32. The fourth-order valence-corrected chi connectivity index (χ4v) is 3.72. The Morgan fingerprint density at radius 1 is 1.12 bits per heavy atom. The molecule has 0 saturated carbocycles. The zero-order chi connectivity index (χ0) is 16.8. The molecule has 24 heavy (non-hydrogen) atoms. The highest BCUT2D eigenvalue weighted by atomic mass is 32.1. The average molecular weight is 344 g/mol. The molecular formula is C19H24N2O2S. The molecule has 1 fully saturated rings. The van der Waals surface area contributed by atoms with Crippen molar-refractivity contribution in [3.05, 3.63) is 52.2 Å². The molecule has 0 N–H and O–H groups in total. The third kappa shape index (κ3) is 4.36. The van der Waals surface area contributed by atoms with Crippen molar-refractivity contribution in [2.45, 2.75) is 12.8 Å². The van der Waals surface area contributed by atoms with Crippen LogP contribution in [0.3, 0.4) is 0 Å². The van der Waals surface area contributed by atoms with Crippen molar-refractivity contribution >= 4 is 17.2 Å². The van der Waals surface area contributed by atoms with Gasteiger partial charge in [0, 0.05) is 26.2 Å². The molecular weight excluding hydrogens is 320 g/mol. The summed E-state index contributed by atoms with van der Waals surface area (Å²) >= 11 is 1.53. The summed E-state index contributed by atoms with van der Waals surface area (Å²) < 4.78 is 5.19. The molecule has 4 nitrogen and oxygen atoms in total. The van der Waals surface area contributed by atoms with Gasteiger partial charge in [0.05, 0.1) is 12.0 Å². The quantitative estimate of drug-likeness (QED) is 0.807. The topological polar surface area (TPSA) is 32.8 Å². The molecule has 0 bridgehead atoms. The predicted octanol–water partition coefficient (Wildman–Crippen LogP) is 3.15. The summed E-state index contributed by atoms with van der Waals surface area (Å²) in [5.74, 6) is 1.09. The van der Waals surface area contributed by atoms with Crippen LogP contribution < -0.4 is 4.74 Å². The van der Waals surface area contributed by atoms with E-state index in [1.54, 1.807) is 7.11 Å². The molecule has 1 aromatic heterocycles. The zero-order valence-electron chi connectivity index (χ0n) is 14.1. The van der Waals surface area contributed by atoms with Crippen molar-refractivity contribution in [2.24, 2.45) is 0 Å². The van der Waals surface area contributed by atoms with Crippen LogP contribution in [0.25, 0.3) is 0 Å².